The molecule has 0 fully saturated rings. The van der Waals surface area contributed by atoms with Gasteiger partial charge in [0.25, 0.3) is 6.01 Å². The Morgan fingerprint density at radius 1 is 1.23 bits per heavy atom. The van der Waals surface area contributed by atoms with Crippen molar-refractivity contribution in [1.29, 1.82) is 0 Å². The minimum absolute atomic E-state index is 0.188. The number of ether oxygens (including phenoxy) is 1. The third kappa shape index (κ3) is 3.17. The van der Waals surface area contributed by atoms with Gasteiger partial charge in [0.1, 0.15) is 18.2 Å². The Morgan fingerprint density at radius 3 is 2.90 bits per heavy atom. The molecule has 0 atom stereocenters. The minimum atomic E-state index is -0.188. The molecule has 7 nitrogen and oxygen atoms in total. The molecule has 0 bridgehead atoms. The Kier molecular flexibility index (Phi) is 4.39. The lowest BCUT2D eigenvalue weighted by Gasteiger charge is -2.18. The van der Waals surface area contributed by atoms with Gasteiger partial charge in [-0.3, -0.25) is 4.57 Å². The topological polar surface area (TPSA) is 85.1 Å². The van der Waals surface area contributed by atoms with Crippen LogP contribution in [0.3, 0.4) is 0 Å². The van der Waals surface area contributed by atoms with Gasteiger partial charge in [-0.2, -0.15) is 16.3 Å². The fourth-order valence-corrected chi connectivity index (χ4v) is 4.49. The third-order valence-electron chi connectivity index (χ3n) is 5.35. The van der Waals surface area contributed by atoms with Crippen LogP contribution in [0.25, 0.3) is 22.3 Å². The van der Waals surface area contributed by atoms with Gasteiger partial charge in [0, 0.05) is 12.1 Å². The molecule has 0 amide bonds. The summed E-state index contributed by atoms with van der Waals surface area (Å²) in [5, 5.41) is 17.7. The number of nitrogens with one attached hydrogen (secondary N) is 1. The normalized spacial score (nSPS) is 14.6. The molecule has 5 rings (SSSR count). The van der Waals surface area contributed by atoms with Gasteiger partial charge < -0.3 is 15.2 Å². The van der Waals surface area contributed by atoms with E-state index in [-0.39, 0.29) is 5.54 Å². The van der Waals surface area contributed by atoms with E-state index in [0.717, 1.165) is 40.1 Å². The van der Waals surface area contributed by atoms with Crippen molar-refractivity contribution in [1.82, 2.24) is 19.5 Å². The Morgan fingerprint density at radius 2 is 2.10 bits per heavy atom. The molecule has 0 spiro atoms. The summed E-state index contributed by atoms with van der Waals surface area (Å²) in [5.41, 5.74) is 4.38. The van der Waals surface area contributed by atoms with E-state index in [1.807, 2.05) is 35.9 Å². The summed E-state index contributed by atoms with van der Waals surface area (Å²) < 4.78 is 7.81. The van der Waals surface area contributed by atoms with Gasteiger partial charge in [0.15, 0.2) is 17.0 Å². The van der Waals surface area contributed by atoms with Gasteiger partial charge >= 0.3 is 0 Å². The highest BCUT2D eigenvalue weighted by Gasteiger charge is 2.35. The minimum Gasteiger partial charge on any atom is -0.507 e. The zero-order valence-electron chi connectivity index (χ0n) is 17.1. The van der Waals surface area contributed by atoms with Gasteiger partial charge in [0.2, 0.25) is 0 Å². The second kappa shape index (κ2) is 6.98. The first kappa shape index (κ1) is 18.9. The van der Waals surface area contributed by atoms with Crippen LogP contribution in [-0.4, -0.2) is 37.8 Å². The number of aromatic nitrogens is 4. The van der Waals surface area contributed by atoms with Crippen molar-refractivity contribution in [2.24, 2.45) is 0 Å². The van der Waals surface area contributed by atoms with Crippen LogP contribution in [0.4, 0.5) is 5.82 Å². The zero-order valence-corrected chi connectivity index (χ0v) is 18.0. The van der Waals surface area contributed by atoms with E-state index in [0.29, 0.717) is 30.7 Å². The number of hydrogen-bond donors (Lipinski definition) is 2. The van der Waals surface area contributed by atoms with Gasteiger partial charge in [-0.15, -0.1) is 0 Å². The number of imidazole rings is 1. The number of aromatic hydroxyl groups is 1. The van der Waals surface area contributed by atoms with Crippen molar-refractivity contribution in [3.63, 3.8) is 0 Å². The molecule has 154 valence electrons. The second-order valence-corrected chi connectivity index (χ2v) is 8.94. The molecule has 1 aromatic carbocycles. The molecule has 0 saturated heterocycles. The second-order valence-electron chi connectivity index (χ2n) is 8.16. The molecule has 0 saturated carbocycles. The molecule has 8 heteroatoms. The van der Waals surface area contributed by atoms with E-state index < -0.39 is 0 Å². The van der Waals surface area contributed by atoms with Crippen LogP contribution in [0.5, 0.6) is 11.8 Å². The molecule has 0 aliphatic carbocycles. The largest absolute Gasteiger partial charge is 0.507 e. The Labute approximate surface area is 178 Å². The lowest BCUT2D eigenvalue weighted by atomic mass is 10.0. The van der Waals surface area contributed by atoms with E-state index in [2.05, 4.69) is 38.7 Å². The zero-order chi connectivity index (χ0) is 20.9. The Hall–Kier alpha value is -3.13. The van der Waals surface area contributed by atoms with Crippen LogP contribution < -0.4 is 10.1 Å². The summed E-state index contributed by atoms with van der Waals surface area (Å²) in [7, 11) is 0. The van der Waals surface area contributed by atoms with E-state index in [4.69, 9.17) is 4.74 Å². The van der Waals surface area contributed by atoms with Crippen molar-refractivity contribution in [2.75, 3.05) is 18.5 Å². The number of anilines is 1. The third-order valence-corrected chi connectivity index (χ3v) is 6.03. The van der Waals surface area contributed by atoms with E-state index in [1.165, 1.54) is 0 Å². The summed E-state index contributed by atoms with van der Waals surface area (Å²) in [6.07, 6.45) is 0.789. The highest BCUT2D eigenvalue weighted by molar-refractivity contribution is 7.08. The van der Waals surface area contributed by atoms with E-state index in [1.54, 1.807) is 17.4 Å². The maximum Gasteiger partial charge on any atom is 0.299 e. The molecule has 4 heterocycles. The van der Waals surface area contributed by atoms with E-state index in [9.17, 15) is 5.11 Å². The summed E-state index contributed by atoms with van der Waals surface area (Å²) in [6, 6.07) is 8.37. The average Bonchev–Trinajstić information content (AvgIpc) is 3.41. The van der Waals surface area contributed by atoms with Crippen molar-refractivity contribution in [3.05, 3.63) is 46.4 Å². The highest BCUT2D eigenvalue weighted by Crippen LogP contribution is 2.36. The van der Waals surface area contributed by atoms with Crippen molar-refractivity contribution in [2.45, 2.75) is 32.7 Å². The molecular formula is C22H23N5O2S. The fourth-order valence-electron chi connectivity index (χ4n) is 3.83. The number of phenols is 1. The lowest BCUT2D eigenvalue weighted by Crippen LogP contribution is -2.26. The fraction of sp³-hybridized carbons (Fsp3) is 0.318. The Balaban J connectivity index is 1.38. The monoisotopic (exact) mass is 421 g/mol. The standard InChI is InChI=1S/C22H23N5O2S/c1-13-24-19(18-20(25-13)27-21(26-18)29-12-22(27,2)3)23-8-6-14-4-5-17(28)16(10-14)15-7-9-30-11-15/h4-5,7,9-11,28H,6,8,12H2,1-3H3,(H,23,24,25). The molecule has 1 aliphatic heterocycles. The maximum atomic E-state index is 10.2. The van der Waals surface area contributed by atoms with Gasteiger partial charge in [-0.1, -0.05) is 6.07 Å². The molecular weight excluding hydrogens is 398 g/mol. The highest BCUT2D eigenvalue weighted by atomic mass is 32.1. The Bertz CT molecular complexity index is 1230. The maximum absolute atomic E-state index is 10.2. The number of nitrogens with zero attached hydrogens (tertiary/aromatic N) is 4. The smallest absolute Gasteiger partial charge is 0.299 e. The van der Waals surface area contributed by atoms with Gasteiger partial charge in [-0.05, 0) is 67.3 Å². The van der Waals surface area contributed by atoms with Gasteiger partial charge in [-0.25, -0.2) is 9.97 Å². The van der Waals surface area contributed by atoms with E-state index >= 15 is 0 Å². The summed E-state index contributed by atoms with van der Waals surface area (Å²) >= 11 is 1.62. The number of phenolic OH excluding ortho intramolecular Hbond substituents is 1. The number of fused-ring (bicyclic) bond motifs is 3. The predicted octanol–water partition coefficient (Wildman–Crippen LogP) is 4.35. The van der Waals surface area contributed by atoms with Crippen LogP contribution in [0.15, 0.2) is 35.0 Å². The van der Waals surface area contributed by atoms with Crippen LogP contribution in [0.2, 0.25) is 0 Å². The molecule has 2 N–H and O–H groups in total. The molecule has 0 unspecified atom stereocenters. The average molecular weight is 422 g/mol. The molecule has 1 aliphatic rings. The van der Waals surface area contributed by atoms with Crippen molar-refractivity contribution >= 4 is 28.3 Å². The van der Waals surface area contributed by atoms with Crippen molar-refractivity contribution < 1.29 is 9.84 Å². The van der Waals surface area contributed by atoms with Crippen LogP contribution in [-0.2, 0) is 12.0 Å². The van der Waals surface area contributed by atoms with Crippen LogP contribution >= 0.6 is 11.3 Å². The number of aryl methyl sites for hydroxylation is 1. The number of rotatable bonds is 5. The SMILES string of the molecule is Cc1nc(NCCc2ccc(O)c(-c3ccsc3)c2)c2nc3n(c2n1)C(C)(C)CO3. The van der Waals surface area contributed by atoms with Gasteiger partial charge in [0.05, 0.1) is 5.54 Å². The van der Waals surface area contributed by atoms with Crippen molar-refractivity contribution in [3.8, 4) is 22.9 Å². The lowest BCUT2D eigenvalue weighted by molar-refractivity contribution is 0.268. The van der Waals surface area contributed by atoms with Crippen LogP contribution in [0.1, 0.15) is 25.2 Å². The first-order chi connectivity index (χ1) is 14.4. The molecule has 0 radical (unpaired) electrons. The summed E-state index contributed by atoms with van der Waals surface area (Å²) in [5.74, 6) is 1.71. The number of benzene rings is 1. The predicted molar refractivity (Wildman–Crippen MR) is 118 cm³/mol. The first-order valence-electron chi connectivity index (χ1n) is 9.91. The molecule has 4 aromatic rings. The molecule has 30 heavy (non-hydrogen) atoms. The number of hydrogen-bond acceptors (Lipinski definition) is 7. The summed E-state index contributed by atoms with van der Waals surface area (Å²) in [6.45, 7) is 7.40. The first-order valence-corrected chi connectivity index (χ1v) is 10.9. The quantitative estimate of drug-likeness (QED) is 0.498. The molecule has 3 aromatic heterocycles. The van der Waals surface area contributed by atoms with Crippen LogP contribution in [0, 0.1) is 6.92 Å². The number of thiophene rings is 1. The summed E-state index contributed by atoms with van der Waals surface area (Å²) in [4.78, 5) is 13.8.